The fraction of sp³-hybridized carbons (Fsp3) is 0.172. The van der Waals surface area contributed by atoms with Crippen molar-refractivity contribution in [1.82, 2.24) is 0 Å². The number of carbonyl (C=O) groups excluding carboxylic acids is 1. The van der Waals surface area contributed by atoms with Gasteiger partial charge in [0, 0.05) is 16.0 Å². The van der Waals surface area contributed by atoms with Gasteiger partial charge in [0.15, 0.2) is 5.78 Å². The minimum Gasteiger partial charge on any atom is -0.871 e. The fourth-order valence-corrected chi connectivity index (χ4v) is 3.34. The third-order valence-corrected chi connectivity index (χ3v) is 4.96. The van der Waals surface area contributed by atoms with Crippen LogP contribution in [0.2, 0.25) is 0 Å². The lowest BCUT2D eigenvalue weighted by Crippen LogP contribution is -2.28. The third-order valence-electron chi connectivity index (χ3n) is 4.08. The third kappa shape index (κ3) is 10.4. The summed E-state index contributed by atoms with van der Waals surface area (Å²) in [6.07, 6.45) is 19.9. The topological polar surface area (TPSA) is 40.1 Å². The molecule has 0 fully saturated rings. The summed E-state index contributed by atoms with van der Waals surface area (Å²) in [4.78, 5) is 12.6. The van der Waals surface area contributed by atoms with E-state index in [0.717, 1.165) is 20.9 Å². The zero-order valence-corrected chi connectivity index (χ0v) is 21.9. The van der Waals surface area contributed by atoms with Gasteiger partial charge < -0.3 is 17.7 Å². The average Bonchev–Trinajstić information content (AvgIpc) is 2.78. The zero-order valence-electron chi connectivity index (χ0n) is 20.3. The Morgan fingerprint density at radius 1 is 0.909 bits per heavy atom. The van der Waals surface area contributed by atoms with Gasteiger partial charge in [0.1, 0.15) is 0 Å². The molecule has 0 aromatic carbocycles. The number of hydrogen-bond donors (Lipinski definition) is 0. The van der Waals surface area contributed by atoms with E-state index in [1.807, 2.05) is 64.2 Å². The molecule has 0 aromatic rings. The van der Waals surface area contributed by atoms with Crippen LogP contribution >= 0.6 is 12.2 Å². The molecule has 0 N–H and O–H groups in total. The molecule has 176 valence electrons. The van der Waals surface area contributed by atoms with Crippen molar-refractivity contribution in [2.45, 2.75) is 34.6 Å². The minimum atomic E-state index is -0.178. The fourth-order valence-electron chi connectivity index (χ4n) is 2.40. The maximum Gasteiger partial charge on any atom is 0.191 e. The van der Waals surface area contributed by atoms with Crippen LogP contribution in [-0.2, 0) is 17.4 Å². The normalized spacial score (nSPS) is 17.3. The van der Waals surface area contributed by atoms with Crippen LogP contribution in [0.3, 0.4) is 0 Å². The summed E-state index contributed by atoms with van der Waals surface area (Å²) >= 11 is 10.1. The molecule has 0 radical (unpaired) electrons. The lowest BCUT2D eigenvalue weighted by molar-refractivity contribution is -0.300. The number of rotatable bonds is 5. The lowest BCUT2D eigenvalue weighted by atomic mass is 9.88. The first-order valence-corrected chi connectivity index (χ1v) is 11.1. The predicted octanol–water partition coefficient (Wildman–Crippen LogP) is 7.06. The summed E-state index contributed by atoms with van der Waals surface area (Å²) in [6, 6.07) is 0. The van der Waals surface area contributed by atoms with Crippen molar-refractivity contribution in [1.29, 1.82) is 0 Å². The molecule has 0 atom stereocenters. The second kappa shape index (κ2) is 18.5. The molecule has 0 spiro atoms. The van der Waals surface area contributed by atoms with E-state index in [-0.39, 0.29) is 22.7 Å². The molecule has 33 heavy (non-hydrogen) atoms. The molecule has 0 saturated carbocycles. The van der Waals surface area contributed by atoms with Gasteiger partial charge in [-0.2, -0.15) is 4.91 Å². The van der Waals surface area contributed by atoms with E-state index in [4.69, 9.17) is 24.8 Å². The van der Waals surface area contributed by atoms with Gasteiger partial charge in [-0.25, -0.2) is 0 Å². The Kier molecular flexibility index (Phi) is 18.0. The van der Waals surface area contributed by atoms with Crippen molar-refractivity contribution < 1.29 is 9.90 Å². The molecule has 2 nitrogen and oxygen atoms in total. The number of Topliss-reactive ketones (excluding diaryl/α,β-unsaturated/α-hetero) is 1. The summed E-state index contributed by atoms with van der Waals surface area (Å²) in [7, 11) is 0. The molecule has 2 rings (SSSR count). The first-order valence-electron chi connectivity index (χ1n) is 10.3. The largest absolute Gasteiger partial charge is 0.871 e. The van der Waals surface area contributed by atoms with E-state index >= 15 is 0 Å². The highest BCUT2D eigenvalue weighted by atomic mass is 32.1. The van der Waals surface area contributed by atoms with Crippen LogP contribution in [0.5, 0.6) is 0 Å². The molecule has 0 aromatic heterocycles. The van der Waals surface area contributed by atoms with Crippen molar-refractivity contribution in [2.75, 3.05) is 0 Å². The minimum absolute atomic E-state index is 0.178. The maximum atomic E-state index is 10.8. The molecule has 0 heterocycles. The first-order chi connectivity index (χ1) is 15.7. The summed E-state index contributed by atoms with van der Waals surface area (Å²) < 4.78 is 0. The van der Waals surface area contributed by atoms with Gasteiger partial charge in [0.05, 0.1) is 0 Å². The van der Waals surface area contributed by atoms with Crippen molar-refractivity contribution in [3.05, 3.63) is 132 Å². The van der Waals surface area contributed by atoms with Crippen molar-refractivity contribution in [3.8, 4) is 0 Å². The van der Waals surface area contributed by atoms with Gasteiger partial charge in [-0.15, -0.1) is 0 Å². The Hall–Kier alpha value is -3.08. The smallest absolute Gasteiger partial charge is 0.191 e. The van der Waals surface area contributed by atoms with Crippen molar-refractivity contribution >= 4 is 35.5 Å². The van der Waals surface area contributed by atoms with Crippen LogP contribution in [0.1, 0.15) is 34.6 Å². The summed E-state index contributed by atoms with van der Waals surface area (Å²) in [5.41, 5.74) is 3.73. The molecule has 0 bridgehead atoms. The molecule has 0 aliphatic heterocycles. The quantitative estimate of drug-likeness (QED) is 0.183. The van der Waals surface area contributed by atoms with Gasteiger partial charge in [-0.1, -0.05) is 117 Å². The van der Waals surface area contributed by atoms with Crippen molar-refractivity contribution in [3.63, 3.8) is 0 Å². The van der Waals surface area contributed by atoms with E-state index < -0.39 is 0 Å². The van der Waals surface area contributed by atoms with E-state index in [9.17, 15) is 9.90 Å². The molecule has 2 aliphatic carbocycles. The predicted molar refractivity (Wildman–Crippen MR) is 151 cm³/mol. The van der Waals surface area contributed by atoms with E-state index in [2.05, 4.69) is 26.3 Å². The van der Waals surface area contributed by atoms with Crippen LogP contribution in [0.15, 0.2) is 132 Å². The Morgan fingerprint density at radius 2 is 1.45 bits per heavy atom. The van der Waals surface area contributed by atoms with E-state index in [1.165, 1.54) is 17.7 Å². The van der Waals surface area contributed by atoms with Gasteiger partial charge in [0.2, 0.25) is 0 Å². The van der Waals surface area contributed by atoms with Crippen LogP contribution < -0.4 is 5.11 Å². The van der Waals surface area contributed by atoms with Gasteiger partial charge in [0.25, 0.3) is 0 Å². The Morgan fingerprint density at radius 3 is 1.73 bits per heavy atom. The summed E-state index contributed by atoms with van der Waals surface area (Å²) in [6.45, 7) is 23.6. The van der Waals surface area contributed by atoms with Crippen LogP contribution in [-0.4, -0.2) is 10.6 Å². The van der Waals surface area contributed by atoms with Crippen LogP contribution in [0.25, 0.3) is 0 Å². The molecule has 0 saturated heterocycles. The Balaban J connectivity index is 0. The molecular formula is C29H34O2S2-2. The number of carbonyl (C=O) groups is 1. The summed E-state index contributed by atoms with van der Waals surface area (Å²) in [5, 5.41) is 10.8. The standard InChI is InChI=1S/C8H8O2.C8H8S2.C8H12.C5H8/c2*1-3-5-7(9)6(4-2)8(5)10;1-4-6-8(3)7-5-2;1-3-5-4-2/h2*3-4,9H,1H2,2H3;4-7H,1H2,2-3H3;3-5H,1H2,2H3/p-2/b;;7-5+,8-6+;5-4+. The second-order valence-corrected chi connectivity index (χ2v) is 7.18. The molecule has 2 aliphatic rings. The lowest BCUT2D eigenvalue weighted by Gasteiger charge is -2.31. The van der Waals surface area contributed by atoms with E-state index in [1.54, 1.807) is 25.2 Å². The highest BCUT2D eigenvalue weighted by molar-refractivity contribution is 7.82. The molecule has 0 unspecified atom stereocenters. The monoisotopic (exact) mass is 478 g/mol. The van der Waals surface area contributed by atoms with Crippen molar-refractivity contribution in [2.24, 2.45) is 0 Å². The Bertz CT molecular complexity index is 919. The zero-order chi connectivity index (χ0) is 26.0. The number of ketones is 1. The van der Waals surface area contributed by atoms with Gasteiger partial charge in [-0.3, -0.25) is 4.79 Å². The average molecular weight is 479 g/mol. The first kappa shape index (κ1) is 32.1. The van der Waals surface area contributed by atoms with Gasteiger partial charge >= 0.3 is 0 Å². The number of allylic oxidation sites excluding steroid dienone is 16. The van der Waals surface area contributed by atoms with Gasteiger partial charge in [-0.05, 0) is 45.8 Å². The maximum absolute atomic E-state index is 10.8. The Labute approximate surface area is 211 Å². The van der Waals surface area contributed by atoms with Crippen LogP contribution in [0.4, 0.5) is 0 Å². The summed E-state index contributed by atoms with van der Waals surface area (Å²) in [5.74, 6) is -0.356. The van der Waals surface area contributed by atoms with Crippen LogP contribution in [0, 0.1) is 0 Å². The number of hydrogen-bond acceptors (Lipinski definition) is 4. The second-order valence-electron chi connectivity index (χ2n) is 6.36. The molecule has 0 amide bonds. The highest BCUT2D eigenvalue weighted by Gasteiger charge is 2.22. The molecule has 4 heteroatoms. The highest BCUT2D eigenvalue weighted by Crippen LogP contribution is 2.30. The SMILES string of the molecule is C=C/C=C(C)/C=C/C.C=C/C=C/C.C=CC1=C([O-])C(=CC)C1=O.C=CC1=C([S-])C(=CC)C1=S. The molecular weight excluding hydrogens is 444 g/mol. The number of thiocarbonyl (C=S) groups is 1. The van der Waals surface area contributed by atoms with E-state index in [0.29, 0.717) is 0 Å².